The molecule has 0 spiro atoms. The molecule has 1 aromatic carbocycles. The first-order chi connectivity index (χ1) is 8.16. The number of rotatable bonds is 3. The molecular weight excluding hydrogens is 240 g/mol. The van der Waals surface area contributed by atoms with E-state index in [1.54, 1.807) is 12.1 Å². The lowest BCUT2D eigenvalue weighted by molar-refractivity contribution is 0.0855. The van der Waals surface area contributed by atoms with Crippen LogP contribution in [0.15, 0.2) is 45.7 Å². The highest BCUT2D eigenvalue weighted by Crippen LogP contribution is 2.09. The summed E-state index contributed by atoms with van der Waals surface area (Å²) in [6, 6.07) is 8.86. The zero-order valence-electron chi connectivity index (χ0n) is 8.72. The fourth-order valence-electron chi connectivity index (χ4n) is 1.13. The van der Waals surface area contributed by atoms with Crippen LogP contribution in [0.4, 0.5) is 3.87 Å². The minimum Gasteiger partial charge on any atom is -0.143 e. The molecule has 0 fully saturated rings. The van der Waals surface area contributed by atoms with E-state index < -0.39 is 10.1 Å². The first kappa shape index (κ1) is 11.4. The van der Waals surface area contributed by atoms with E-state index in [-0.39, 0.29) is 6.03 Å². The van der Waals surface area contributed by atoms with Crippen LogP contribution in [-0.2, 0) is 10.1 Å². The van der Waals surface area contributed by atoms with Gasteiger partial charge in [-0.1, -0.05) is 34.2 Å². The third kappa shape index (κ3) is 3.46. The quantitative estimate of drug-likeness (QED) is 0.766. The second-order valence-electron chi connectivity index (χ2n) is 3.13. The van der Waals surface area contributed by atoms with Gasteiger partial charge < -0.3 is 0 Å². The van der Waals surface area contributed by atoms with Crippen LogP contribution in [0.3, 0.4) is 0 Å². The first-order valence-electron chi connectivity index (χ1n) is 4.77. The fraction of sp³-hybridized carbons (Fsp3) is 0. The van der Waals surface area contributed by atoms with Crippen molar-refractivity contribution in [3.63, 3.8) is 0 Å². The fourth-order valence-corrected chi connectivity index (χ4v) is 1.80. The van der Waals surface area contributed by atoms with Gasteiger partial charge in [-0.05, 0) is 11.6 Å². The predicted molar refractivity (Wildman–Crippen MR) is 66.8 cm³/mol. The van der Waals surface area contributed by atoms with Crippen LogP contribution in [0.5, 0.6) is 0 Å². The number of carbonyl (C=O) groups excluding carboxylic acids is 1. The maximum absolute atomic E-state index is 11.5. The molecule has 0 atom stereocenters. The highest BCUT2D eigenvalue weighted by molar-refractivity contribution is 7.88. The van der Waals surface area contributed by atoms with Gasteiger partial charge in [-0.2, -0.15) is 0 Å². The highest BCUT2D eigenvalue weighted by Gasteiger charge is 2.22. The molecule has 0 saturated heterocycles. The second-order valence-corrected chi connectivity index (χ2v) is 4.55. The summed E-state index contributed by atoms with van der Waals surface area (Å²) in [7, 11) is -3.81. The lowest BCUT2D eigenvalue weighted by Gasteiger charge is -1.87. The van der Waals surface area contributed by atoms with E-state index in [0.29, 0.717) is 0 Å². The third-order valence-corrected chi connectivity index (χ3v) is 2.70. The lowest BCUT2D eigenvalue weighted by atomic mass is 10.2. The van der Waals surface area contributed by atoms with Gasteiger partial charge in [-0.3, -0.25) is 0 Å². The number of amides is 2. The van der Waals surface area contributed by atoms with Crippen molar-refractivity contribution in [3.05, 3.63) is 41.3 Å². The van der Waals surface area contributed by atoms with Gasteiger partial charge in [0.25, 0.3) is 0 Å². The van der Waals surface area contributed by atoms with Gasteiger partial charge in [0.05, 0.1) is 12.4 Å². The average Bonchev–Trinajstić information content (AvgIpc) is 2.80. The number of hydrogen-bond donors (Lipinski definition) is 0. The molecule has 5 nitrogen and oxygen atoms in total. The molecule has 1 aliphatic rings. The van der Waals surface area contributed by atoms with Crippen molar-refractivity contribution in [2.24, 2.45) is 9.98 Å². The summed E-state index contributed by atoms with van der Waals surface area (Å²) in [6.45, 7) is 0. The molecule has 1 aromatic rings. The SMILES string of the molecule is O=S(=O)(/C=C/c1ccccc1)[O+]=C1N=CC=N1. The van der Waals surface area contributed by atoms with Gasteiger partial charge in [-0.25, -0.2) is 0 Å². The summed E-state index contributed by atoms with van der Waals surface area (Å²) >= 11 is 0. The van der Waals surface area contributed by atoms with E-state index in [1.165, 1.54) is 18.5 Å². The van der Waals surface area contributed by atoms with E-state index in [2.05, 4.69) is 13.9 Å². The molecule has 2 rings (SSSR count). The largest absolute Gasteiger partial charge is 0.578 e. The minimum absolute atomic E-state index is 0.178. The Morgan fingerprint density at radius 1 is 1.06 bits per heavy atom. The summed E-state index contributed by atoms with van der Waals surface area (Å²) in [5.74, 6) is 0. The molecule has 0 bridgehead atoms. The standard InChI is InChI=1S/C11H9N2O3S/c14-17(15,16-11-12-7-8-13-11)9-6-10-4-2-1-3-5-10/h1-9H/q+1/b9-6+. The van der Waals surface area contributed by atoms with E-state index in [4.69, 9.17) is 0 Å². The topological polar surface area (TPSA) is 70.2 Å². The van der Waals surface area contributed by atoms with Crippen molar-refractivity contribution >= 4 is 34.7 Å². The molecule has 1 heterocycles. The van der Waals surface area contributed by atoms with Gasteiger partial charge in [0, 0.05) is 0 Å². The molecule has 17 heavy (non-hydrogen) atoms. The Kier molecular flexibility index (Phi) is 3.24. The highest BCUT2D eigenvalue weighted by atomic mass is 32.2. The maximum Gasteiger partial charge on any atom is 0.578 e. The second kappa shape index (κ2) is 4.84. The van der Waals surface area contributed by atoms with E-state index in [0.717, 1.165) is 11.0 Å². The molecule has 6 heteroatoms. The molecule has 1 aliphatic heterocycles. The van der Waals surface area contributed by atoms with Crippen molar-refractivity contribution in [1.82, 2.24) is 0 Å². The lowest BCUT2D eigenvalue weighted by Crippen LogP contribution is -1.90. The molecule has 0 N–H and O–H groups in total. The van der Waals surface area contributed by atoms with Crippen molar-refractivity contribution in [1.29, 1.82) is 0 Å². The summed E-state index contributed by atoms with van der Waals surface area (Å²) in [5.41, 5.74) is 0.767. The molecule has 0 aliphatic carbocycles. The van der Waals surface area contributed by atoms with Gasteiger partial charge in [0.2, 0.25) is 0 Å². The minimum atomic E-state index is -3.81. The molecule has 0 radical (unpaired) electrons. The number of aliphatic imine (C=N–C) groups is 2. The summed E-state index contributed by atoms with van der Waals surface area (Å²) in [5, 5.41) is 0.971. The Morgan fingerprint density at radius 2 is 1.71 bits per heavy atom. The van der Waals surface area contributed by atoms with Crippen LogP contribution in [0, 0.1) is 0 Å². The number of nitrogens with zero attached hydrogens (tertiary/aromatic N) is 2. The van der Waals surface area contributed by atoms with Gasteiger partial charge in [-0.15, -0.1) is 18.4 Å². The predicted octanol–water partition coefficient (Wildman–Crippen LogP) is 1.80. The molecule has 0 unspecified atom stereocenters. The molecule has 86 valence electrons. The zero-order chi connectivity index (χ0) is 12.1. The Morgan fingerprint density at radius 3 is 2.35 bits per heavy atom. The van der Waals surface area contributed by atoms with Crippen molar-refractivity contribution in [2.45, 2.75) is 0 Å². The number of benzene rings is 1. The van der Waals surface area contributed by atoms with Crippen molar-refractivity contribution < 1.29 is 12.3 Å². The summed E-state index contributed by atoms with van der Waals surface area (Å²) in [6.07, 6.45) is 4.15. The molecule has 0 saturated carbocycles. The summed E-state index contributed by atoms with van der Waals surface area (Å²) < 4.78 is 27.6. The summed E-state index contributed by atoms with van der Waals surface area (Å²) in [4.78, 5) is 7.22. The van der Waals surface area contributed by atoms with Crippen LogP contribution in [0.25, 0.3) is 6.08 Å². The van der Waals surface area contributed by atoms with Crippen LogP contribution in [-0.4, -0.2) is 26.9 Å². The van der Waals surface area contributed by atoms with Crippen molar-refractivity contribution in [3.8, 4) is 0 Å². The Labute approximate surface area is 98.7 Å². The number of urea groups is 1. The monoisotopic (exact) mass is 249 g/mol. The number of hydrogen-bond acceptors (Lipinski definition) is 2. The Hall–Kier alpha value is -2.08. The Balaban J connectivity index is 2.18. The average molecular weight is 249 g/mol. The first-order valence-corrected chi connectivity index (χ1v) is 6.24. The van der Waals surface area contributed by atoms with Gasteiger partial charge >= 0.3 is 16.1 Å². The van der Waals surface area contributed by atoms with Gasteiger partial charge in [0.15, 0.2) is 0 Å². The molecule has 2 amide bonds. The zero-order valence-corrected chi connectivity index (χ0v) is 9.54. The van der Waals surface area contributed by atoms with E-state index >= 15 is 0 Å². The van der Waals surface area contributed by atoms with Gasteiger partial charge in [0.1, 0.15) is 5.41 Å². The van der Waals surface area contributed by atoms with Crippen LogP contribution < -0.4 is 0 Å². The molecule has 0 aromatic heterocycles. The maximum atomic E-state index is 11.5. The third-order valence-electron chi connectivity index (χ3n) is 1.85. The van der Waals surface area contributed by atoms with E-state index in [9.17, 15) is 8.42 Å². The smallest absolute Gasteiger partial charge is 0.143 e. The Bertz CT molecular complexity index is 599. The van der Waals surface area contributed by atoms with Crippen LogP contribution in [0.2, 0.25) is 0 Å². The van der Waals surface area contributed by atoms with E-state index in [1.807, 2.05) is 18.2 Å². The van der Waals surface area contributed by atoms with Crippen LogP contribution in [0.1, 0.15) is 5.56 Å². The molecular formula is C11H9N2O3S+. The van der Waals surface area contributed by atoms with Crippen LogP contribution >= 0.6 is 0 Å². The normalized spacial score (nSPS) is 14.7. The van der Waals surface area contributed by atoms with Crippen molar-refractivity contribution in [2.75, 3.05) is 0 Å².